The molecule has 6 heteroatoms. The highest BCUT2D eigenvalue weighted by atomic mass is 32.1. The maximum absolute atomic E-state index is 5.67. The third-order valence-corrected chi connectivity index (χ3v) is 6.36. The molecule has 0 radical (unpaired) electrons. The van der Waals surface area contributed by atoms with Gasteiger partial charge < -0.3 is 4.57 Å². The lowest BCUT2D eigenvalue weighted by Gasteiger charge is -2.33. The highest BCUT2D eigenvalue weighted by Gasteiger charge is 2.31. The summed E-state index contributed by atoms with van der Waals surface area (Å²) in [6, 6.07) is 2.73. The summed E-state index contributed by atoms with van der Waals surface area (Å²) < 4.78 is 5.14. The van der Waals surface area contributed by atoms with Crippen LogP contribution >= 0.6 is 23.6 Å². The Bertz CT molecular complexity index is 738. The molecule has 2 aromatic heterocycles. The molecule has 1 aliphatic heterocycles. The Kier molecular flexibility index (Phi) is 3.71. The number of nitrogens with zero attached hydrogens (tertiary/aromatic N) is 4. The van der Waals surface area contributed by atoms with Crippen LogP contribution in [0.2, 0.25) is 0 Å². The van der Waals surface area contributed by atoms with Crippen LogP contribution in [0, 0.1) is 4.77 Å². The van der Waals surface area contributed by atoms with E-state index in [0.717, 1.165) is 31.0 Å². The first-order valence-electron chi connectivity index (χ1n) is 8.17. The van der Waals surface area contributed by atoms with Gasteiger partial charge in [0.25, 0.3) is 0 Å². The van der Waals surface area contributed by atoms with Gasteiger partial charge in [0.15, 0.2) is 4.77 Å². The summed E-state index contributed by atoms with van der Waals surface area (Å²) in [7, 11) is 0. The van der Waals surface area contributed by atoms with Crippen molar-refractivity contribution in [2.45, 2.75) is 58.3 Å². The zero-order valence-electron chi connectivity index (χ0n) is 13.2. The van der Waals surface area contributed by atoms with E-state index in [2.05, 4.69) is 34.8 Å². The zero-order chi connectivity index (χ0) is 15.3. The number of aromatic nitrogens is 3. The van der Waals surface area contributed by atoms with E-state index in [1.807, 2.05) is 16.0 Å². The molecule has 3 heterocycles. The third-order valence-electron chi connectivity index (χ3n) is 4.93. The van der Waals surface area contributed by atoms with Crippen molar-refractivity contribution in [1.82, 2.24) is 19.2 Å². The maximum Gasteiger partial charge on any atom is 0.199 e. The Morgan fingerprint density at radius 1 is 1.41 bits per heavy atom. The van der Waals surface area contributed by atoms with Crippen LogP contribution in [-0.2, 0) is 19.6 Å². The predicted molar refractivity (Wildman–Crippen MR) is 91.8 cm³/mol. The molecule has 1 saturated carbocycles. The lowest BCUT2D eigenvalue weighted by molar-refractivity contribution is 0.144. The van der Waals surface area contributed by atoms with E-state index in [1.54, 1.807) is 4.88 Å². The van der Waals surface area contributed by atoms with E-state index in [4.69, 9.17) is 17.3 Å². The van der Waals surface area contributed by atoms with Crippen LogP contribution in [0.4, 0.5) is 0 Å². The van der Waals surface area contributed by atoms with Gasteiger partial charge in [0, 0.05) is 29.9 Å². The normalized spacial score (nSPS) is 22.0. The third kappa shape index (κ3) is 2.37. The van der Waals surface area contributed by atoms with Crippen molar-refractivity contribution in [1.29, 1.82) is 0 Å². The summed E-state index contributed by atoms with van der Waals surface area (Å²) in [6.45, 7) is 7.28. The fraction of sp³-hybridized carbons (Fsp3) is 0.625. The topological polar surface area (TPSA) is 26.0 Å². The van der Waals surface area contributed by atoms with Gasteiger partial charge >= 0.3 is 0 Å². The van der Waals surface area contributed by atoms with Crippen molar-refractivity contribution in [3.05, 3.63) is 32.5 Å². The van der Waals surface area contributed by atoms with Gasteiger partial charge in [-0.3, -0.25) is 4.90 Å². The molecule has 0 spiro atoms. The number of fused-ring (bicyclic) bond motifs is 1. The molecule has 2 aromatic rings. The van der Waals surface area contributed by atoms with Crippen LogP contribution < -0.4 is 0 Å². The first-order chi connectivity index (χ1) is 10.7. The second-order valence-corrected chi connectivity index (χ2v) is 7.70. The smallest absolute Gasteiger partial charge is 0.199 e. The molecule has 0 bridgehead atoms. The summed E-state index contributed by atoms with van der Waals surface area (Å²) in [4.78, 5) is 4.04. The van der Waals surface area contributed by atoms with E-state index in [9.17, 15) is 0 Å². The van der Waals surface area contributed by atoms with E-state index in [-0.39, 0.29) is 0 Å². The molecule has 118 valence electrons. The average Bonchev–Trinajstić information content (AvgIpc) is 3.16. The molecule has 0 N–H and O–H groups in total. The monoisotopic (exact) mass is 334 g/mol. The molecule has 1 atom stereocenters. The fourth-order valence-corrected chi connectivity index (χ4v) is 4.70. The molecule has 1 unspecified atom stereocenters. The van der Waals surface area contributed by atoms with Gasteiger partial charge in [-0.25, -0.2) is 4.68 Å². The van der Waals surface area contributed by atoms with E-state index < -0.39 is 0 Å². The molecule has 0 amide bonds. The van der Waals surface area contributed by atoms with Crippen LogP contribution in [0.1, 0.15) is 54.9 Å². The van der Waals surface area contributed by atoms with Crippen LogP contribution in [0.5, 0.6) is 0 Å². The minimum atomic E-state index is 0.452. The maximum atomic E-state index is 5.67. The Morgan fingerprint density at radius 3 is 2.95 bits per heavy atom. The van der Waals surface area contributed by atoms with Gasteiger partial charge in [-0.05, 0) is 62.3 Å². The van der Waals surface area contributed by atoms with E-state index in [1.165, 1.54) is 24.2 Å². The van der Waals surface area contributed by atoms with Gasteiger partial charge in [0.2, 0.25) is 0 Å². The zero-order valence-corrected chi connectivity index (χ0v) is 14.8. The second kappa shape index (κ2) is 5.58. The number of hydrogen-bond donors (Lipinski definition) is 0. The second-order valence-electron chi connectivity index (χ2n) is 6.34. The van der Waals surface area contributed by atoms with Crippen molar-refractivity contribution in [2.24, 2.45) is 0 Å². The first kappa shape index (κ1) is 14.6. The van der Waals surface area contributed by atoms with Crippen LogP contribution in [0.25, 0.3) is 0 Å². The summed E-state index contributed by atoms with van der Waals surface area (Å²) in [5.41, 5.74) is 1.49. The van der Waals surface area contributed by atoms with Crippen molar-refractivity contribution < 1.29 is 0 Å². The van der Waals surface area contributed by atoms with Crippen molar-refractivity contribution in [3.8, 4) is 0 Å². The molecular weight excluding hydrogens is 312 g/mol. The van der Waals surface area contributed by atoms with Gasteiger partial charge in [-0.15, -0.1) is 11.3 Å². The molecule has 1 aliphatic carbocycles. The van der Waals surface area contributed by atoms with Gasteiger partial charge in [0.1, 0.15) is 5.82 Å². The van der Waals surface area contributed by atoms with E-state index >= 15 is 0 Å². The predicted octanol–water partition coefficient (Wildman–Crippen LogP) is 3.95. The Hall–Kier alpha value is -0.980. The van der Waals surface area contributed by atoms with Crippen LogP contribution in [0.3, 0.4) is 0 Å². The Balaban J connectivity index is 1.60. The standard InChI is InChI=1S/C16H22N4S2/c1-3-19-15(12-4-5-12)17-20(16(19)21)10-18-8-6-14-13(11(18)2)7-9-22-14/h7,9,11-12H,3-6,8,10H2,1-2H3. The fourth-order valence-electron chi connectivity index (χ4n) is 3.42. The Labute approximate surface area is 140 Å². The first-order valence-corrected chi connectivity index (χ1v) is 9.45. The van der Waals surface area contributed by atoms with Crippen molar-refractivity contribution >= 4 is 23.6 Å². The minimum Gasteiger partial charge on any atom is -0.304 e. The molecule has 4 rings (SSSR count). The largest absolute Gasteiger partial charge is 0.304 e. The average molecular weight is 335 g/mol. The van der Waals surface area contributed by atoms with Gasteiger partial charge in [-0.1, -0.05) is 0 Å². The van der Waals surface area contributed by atoms with Gasteiger partial charge in [0.05, 0.1) is 6.67 Å². The molecule has 2 aliphatic rings. The lowest BCUT2D eigenvalue weighted by atomic mass is 10.0. The van der Waals surface area contributed by atoms with E-state index in [0.29, 0.717) is 12.0 Å². The highest BCUT2D eigenvalue weighted by molar-refractivity contribution is 7.71. The van der Waals surface area contributed by atoms with Crippen molar-refractivity contribution in [2.75, 3.05) is 6.54 Å². The van der Waals surface area contributed by atoms with Gasteiger partial charge in [-0.2, -0.15) is 5.10 Å². The summed E-state index contributed by atoms with van der Waals surface area (Å²) in [6.07, 6.45) is 3.68. The Morgan fingerprint density at radius 2 is 2.23 bits per heavy atom. The lowest BCUT2D eigenvalue weighted by Crippen LogP contribution is -2.35. The molecule has 22 heavy (non-hydrogen) atoms. The van der Waals surface area contributed by atoms with Crippen LogP contribution in [0.15, 0.2) is 11.4 Å². The number of rotatable bonds is 4. The molecule has 1 fully saturated rings. The highest BCUT2D eigenvalue weighted by Crippen LogP contribution is 2.39. The minimum absolute atomic E-state index is 0.452. The SMILES string of the molecule is CCn1c(C2CC2)nn(CN2CCc3sccc3C2C)c1=S. The quantitative estimate of drug-likeness (QED) is 0.792. The number of thiophene rings is 1. The van der Waals surface area contributed by atoms with Crippen LogP contribution in [-0.4, -0.2) is 25.8 Å². The molecular formula is C16H22N4S2. The number of hydrogen-bond acceptors (Lipinski definition) is 4. The summed E-state index contributed by atoms with van der Waals surface area (Å²) in [5, 5.41) is 7.07. The molecule has 0 saturated heterocycles. The summed E-state index contributed by atoms with van der Waals surface area (Å²) in [5.74, 6) is 1.85. The molecule has 0 aromatic carbocycles. The van der Waals surface area contributed by atoms with Crippen molar-refractivity contribution in [3.63, 3.8) is 0 Å². The summed E-state index contributed by atoms with van der Waals surface area (Å²) >= 11 is 7.56. The molecule has 4 nitrogen and oxygen atoms in total.